The highest BCUT2D eigenvalue weighted by Crippen LogP contribution is 2.64. The highest BCUT2D eigenvalue weighted by Gasteiger charge is 2.59. The maximum absolute atomic E-state index is 13.0. The molecule has 1 aromatic carbocycles. The lowest BCUT2D eigenvalue weighted by Gasteiger charge is -2.35. The minimum absolute atomic E-state index is 0.0581. The molecule has 1 aromatic rings. The van der Waals surface area contributed by atoms with Gasteiger partial charge in [-0.05, 0) is 69.1 Å². The number of carbonyl (C=O) groups is 1. The fourth-order valence-electron chi connectivity index (χ4n) is 4.80. The Morgan fingerprint density at radius 2 is 1.93 bits per heavy atom. The third-order valence-electron chi connectivity index (χ3n) is 7.01. The van der Waals surface area contributed by atoms with Gasteiger partial charge in [-0.3, -0.25) is 4.99 Å². The lowest BCUT2D eigenvalue weighted by Crippen LogP contribution is -2.36. The second kappa shape index (κ2) is 7.03. The molecule has 0 aliphatic heterocycles. The van der Waals surface area contributed by atoms with E-state index in [1.54, 1.807) is 12.1 Å². The molecule has 0 spiro atoms. The van der Waals surface area contributed by atoms with Gasteiger partial charge in [0.25, 0.3) is 0 Å². The Morgan fingerprint density at radius 1 is 1.29 bits per heavy atom. The largest absolute Gasteiger partial charge is 0.458 e. The van der Waals surface area contributed by atoms with Gasteiger partial charge in [-0.15, -0.1) is 0 Å². The van der Waals surface area contributed by atoms with Crippen LogP contribution in [0.15, 0.2) is 29.3 Å². The molecule has 150 valence electrons. The maximum atomic E-state index is 13.0. The lowest BCUT2D eigenvalue weighted by atomic mass is 9.70. The van der Waals surface area contributed by atoms with Gasteiger partial charge in [-0.2, -0.15) is 5.26 Å². The van der Waals surface area contributed by atoms with Crippen LogP contribution in [0.5, 0.6) is 0 Å². The minimum Gasteiger partial charge on any atom is -0.458 e. The molecular formula is C24H32N2O2. The first kappa shape index (κ1) is 20.6. The van der Waals surface area contributed by atoms with Crippen LogP contribution in [0.25, 0.3) is 0 Å². The van der Waals surface area contributed by atoms with Gasteiger partial charge >= 0.3 is 5.97 Å². The molecule has 0 N–H and O–H groups in total. The number of benzene rings is 1. The van der Waals surface area contributed by atoms with Crippen LogP contribution in [0, 0.1) is 28.1 Å². The summed E-state index contributed by atoms with van der Waals surface area (Å²) in [6.45, 7) is 12.7. The van der Waals surface area contributed by atoms with Crippen LogP contribution >= 0.6 is 0 Å². The molecule has 0 saturated heterocycles. The third-order valence-corrected chi connectivity index (χ3v) is 7.01. The number of hydrogen-bond acceptors (Lipinski definition) is 4. The second-order valence-corrected chi connectivity index (χ2v) is 10.1. The van der Waals surface area contributed by atoms with Crippen molar-refractivity contribution < 1.29 is 9.53 Å². The summed E-state index contributed by atoms with van der Waals surface area (Å²) in [6, 6.07) is 8.97. The number of nitriles is 1. The third kappa shape index (κ3) is 3.72. The maximum Gasteiger partial charge on any atom is 0.331 e. The van der Waals surface area contributed by atoms with Gasteiger partial charge < -0.3 is 4.74 Å². The number of esters is 1. The molecule has 0 unspecified atom stereocenters. The van der Waals surface area contributed by atoms with Crippen molar-refractivity contribution in [1.82, 2.24) is 0 Å². The van der Waals surface area contributed by atoms with E-state index in [0.29, 0.717) is 17.9 Å². The van der Waals surface area contributed by atoms with Gasteiger partial charge in [0.05, 0.1) is 11.6 Å². The number of hydrogen-bond donors (Lipinski definition) is 0. The fraction of sp³-hybridized carbons (Fsp3) is 0.625. The average molecular weight is 381 g/mol. The number of nitrogens with zero attached hydrogens (tertiary/aromatic N) is 2. The van der Waals surface area contributed by atoms with Crippen molar-refractivity contribution in [2.45, 2.75) is 78.9 Å². The smallest absolute Gasteiger partial charge is 0.331 e. The van der Waals surface area contributed by atoms with Gasteiger partial charge in [0.15, 0.2) is 6.04 Å². The van der Waals surface area contributed by atoms with E-state index in [2.05, 4.69) is 26.8 Å². The van der Waals surface area contributed by atoms with Crippen LogP contribution in [0.4, 0.5) is 0 Å². The zero-order chi connectivity index (χ0) is 20.7. The first-order valence-corrected chi connectivity index (χ1v) is 10.3. The van der Waals surface area contributed by atoms with Crippen LogP contribution in [-0.2, 0) is 16.0 Å². The number of carbonyl (C=O) groups excluding carboxylic acids is 1. The quantitative estimate of drug-likeness (QED) is 0.683. The molecule has 3 rings (SSSR count). The molecule has 2 aliphatic carbocycles. The van der Waals surface area contributed by atoms with E-state index in [0.717, 1.165) is 18.4 Å². The predicted octanol–water partition coefficient (Wildman–Crippen LogP) is 5.10. The van der Waals surface area contributed by atoms with Gasteiger partial charge in [-0.25, -0.2) is 4.79 Å². The fourth-order valence-corrected chi connectivity index (χ4v) is 4.80. The molecule has 4 nitrogen and oxygen atoms in total. The van der Waals surface area contributed by atoms with Crippen LogP contribution in [0.3, 0.4) is 0 Å². The van der Waals surface area contributed by atoms with Gasteiger partial charge in [0.1, 0.15) is 5.60 Å². The Balaban J connectivity index is 1.90. The molecule has 2 aliphatic rings. The Morgan fingerprint density at radius 3 is 2.39 bits per heavy atom. The molecule has 28 heavy (non-hydrogen) atoms. The topological polar surface area (TPSA) is 62.5 Å². The lowest BCUT2D eigenvalue weighted by molar-refractivity contribution is -0.156. The van der Waals surface area contributed by atoms with Crippen molar-refractivity contribution in [1.29, 1.82) is 5.26 Å². The van der Waals surface area contributed by atoms with Gasteiger partial charge in [-0.1, -0.05) is 32.9 Å². The standard InChI is InChI=1S/C24H32N2O2/c1-22(2,3)28-21(27)19(13-16-7-9-17(15-25)10-8-16)26-20-14-18-11-12-24(20,6)23(18,4)5/h7-10,18-19H,11-14H2,1-6H3/t18-,19+,24+/m1/s1. The van der Waals surface area contributed by atoms with E-state index in [1.165, 1.54) is 12.1 Å². The molecular weight excluding hydrogens is 348 g/mol. The van der Waals surface area contributed by atoms with Crippen molar-refractivity contribution in [2.75, 3.05) is 0 Å². The van der Waals surface area contributed by atoms with E-state index in [9.17, 15) is 4.79 Å². The van der Waals surface area contributed by atoms with E-state index in [-0.39, 0.29) is 16.8 Å². The van der Waals surface area contributed by atoms with Crippen molar-refractivity contribution in [3.63, 3.8) is 0 Å². The van der Waals surface area contributed by atoms with Crippen LogP contribution in [-0.4, -0.2) is 23.3 Å². The van der Waals surface area contributed by atoms with Crippen LogP contribution < -0.4 is 0 Å². The summed E-state index contributed by atoms with van der Waals surface area (Å²) >= 11 is 0. The Labute approximate surface area is 169 Å². The summed E-state index contributed by atoms with van der Waals surface area (Å²) in [4.78, 5) is 18.0. The molecule has 0 radical (unpaired) electrons. The molecule has 2 bridgehead atoms. The zero-order valence-corrected chi connectivity index (χ0v) is 18.0. The number of aliphatic imine (C=N–C) groups is 1. The molecule has 3 atom stereocenters. The van der Waals surface area contributed by atoms with Crippen molar-refractivity contribution in [3.05, 3.63) is 35.4 Å². The van der Waals surface area contributed by atoms with E-state index >= 15 is 0 Å². The summed E-state index contributed by atoms with van der Waals surface area (Å²) in [7, 11) is 0. The summed E-state index contributed by atoms with van der Waals surface area (Å²) in [5, 5.41) is 9.01. The molecule has 4 heteroatoms. The Kier molecular flexibility index (Phi) is 5.17. The highest BCUT2D eigenvalue weighted by atomic mass is 16.6. The minimum atomic E-state index is -0.547. The number of ether oxygens (including phenoxy) is 1. The SMILES string of the molecule is CC(C)(C)OC(=O)[C@H](Cc1ccc(C#N)cc1)N=C1C[C@H]2CC[C@]1(C)C2(C)C. The summed E-state index contributed by atoms with van der Waals surface area (Å²) in [5.74, 6) is 0.374. The molecule has 0 heterocycles. The van der Waals surface area contributed by atoms with Gasteiger partial charge in [0.2, 0.25) is 0 Å². The monoisotopic (exact) mass is 380 g/mol. The van der Waals surface area contributed by atoms with E-state index in [1.807, 2.05) is 32.9 Å². The van der Waals surface area contributed by atoms with Gasteiger partial charge in [0, 0.05) is 17.5 Å². The van der Waals surface area contributed by atoms with E-state index in [4.69, 9.17) is 15.0 Å². The summed E-state index contributed by atoms with van der Waals surface area (Å²) in [5.41, 5.74) is 2.52. The molecule has 2 fully saturated rings. The van der Waals surface area contributed by atoms with Crippen molar-refractivity contribution in [2.24, 2.45) is 21.7 Å². The Bertz CT molecular complexity index is 824. The molecule has 2 saturated carbocycles. The second-order valence-electron chi connectivity index (χ2n) is 10.1. The molecule has 0 aromatic heterocycles. The molecule has 0 amide bonds. The first-order chi connectivity index (χ1) is 13.0. The Hall–Kier alpha value is -2.15. The zero-order valence-electron chi connectivity index (χ0n) is 18.0. The first-order valence-electron chi connectivity index (χ1n) is 10.3. The van der Waals surface area contributed by atoms with Crippen LogP contribution in [0.2, 0.25) is 0 Å². The predicted molar refractivity (Wildman–Crippen MR) is 111 cm³/mol. The highest BCUT2D eigenvalue weighted by molar-refractivity contribution is 5.96. The summed E-state index contributed by atoms with van der Waals surface area (Å²) in [6.07, 6.45) is 3.86. The van der Waals surface area contributed by atoms with Crippen molar-refractivity contribution in [3.8, 4) is 6.07 Å². The number of rotatable bonds is 4. The van der Waals surface area contributed by atoms with E-state index < -0.39 is 11.6 Å². The van der Waals surface area contributed by atoms with Crippen LogP contribution in [0.1, 0.15) is 71.9 Å². The number of fused-ring (bicyclic) bond motifs is 2. The average Bonchev–Trinajstić information content (AvgIpc) is 2.93. The summed E-state index contributed by atoms with van der Waals surface area (Å²) < 4.78 is 5.69. The normalized spacial score (nSPS) is 28.2. The van der Waals surface area contributed by atoms with Crippen molar-refractivity contribution >= 4 is 11.7 Å².